The van der Waals surface area contributed by atoms with Crippen molar-refractivity contribution in [3.05, 3.63) is 23.7 Å². The third-order valence-corrected chi connectivity index (χ3v) is 3.47. The first-order valence-corrected chi connectivity index (χ1v) is 7.00. The summed E-state index contributed by atoms with van der Waals surface area (Å²) < 4.78 is 5.26. The fourth-order valence-corrected chi connectivity index (χ4v) is 2.33. The van der Waals surface area contributed by atoms with Gasteiger partial charge in [0.2, 0.25) is 5.91 Å². The van der Waals surface area contributed by atoms with E-state index in [1.165, 1.54) is 6.42 Å². The molecule has 0 aromatic carbocycles. The first kappa shape index (κ1) is 14.6. The third kappa shape index (κ3) is 3.39. The number of piperidine rings is 1. The molecule has 0 radical (unpaired) electrons. The van der Waals surface area contributed by atoms with Gasteiger partial charge in [0.1, 0.15) is 11.8 Å². The Labute approximate surface area is 118 Å². The first-order valence-electron chi connectivity index (χ1n) is 7.00. The van der Waals surface area contributed by atoms with Gasteiger partial charge in [0.05, 0.1) is 6.54 Å². The summed E-state index contributed by atoms with van der Waals surface area (Å²) >= 11 is 0. The average molecular weight is 279 g/mol. The summed E-state index contributed by atoms with van der Waals surface area (Å²) in [5.41, 5.74) is 5.42. The lowest BCUT2D eigenvalue weighted by Gasteiger charge is -2.29. The van der Waals surface area contributed by atoms with Gasteiger partial charge < -0.3 is 20.4 Å². The largest absolute Gasteiger partial charge is 0.455 e. The van der Waals surface area contributed by atoms with Crippen LogP contribution in [0.2, 0.25) is 0 Å². The molecule has 0 bridgehead atoms. The molecule has 1 unspecified atom stereocenters. The fourth-order valence-electron chi connectivity index (χ4n) is 2.33. The molecule has 2 amide bonds. The Morgan fingerprint density at radius 3 is 2.65 bits per heavy atom. The molecule has 1 aromatic heterocycles. The van der Waals surface area contributed by atoms with Gasteiger partial charge in [0, 0.05) is 13.1 Å². The summed E-state index contributed by atoms with van der Waals surface area (Å²) in [5.74, 6) is 0.306. The van der Waals surface area contributed by atoms with Gasteiger partial charge in [-0.2, -0.15) is 0 Å². The number of nitrogens with one attached hydrogen (secondary N) is 1. The smallest absolute Gasteiger partial charge is 0.287 e. The van der Waals surface area contributed by atoms with Crippen molar-refractivity contribution in [2.75, 3.05) is 13.1 Å². The van der Waals surface area contributed by atoms with Gasteiger partial charge in [0.25, 0.3) is 5.91 Å². The fraction of sp³-hybridized carbons (Fsp3) is 0.571. The van der Waals surface area contributed by atoms with Crippen LogP contribution in [0.15, 0.2) is 16.5 Å². The highest BCUT2D eigenvalue weighted by Crippen LogP contribution is 2.11. The van der Waals surface area contributed by atoms with Crippen molar-refractivity contribution in [1.82, 2.24) is 10.2 Å². The predicted octanol–water partition coefficient (Wildman–Crippen LogP) is 0.869. The Balaban J connectivity index is 1.91. The van der Waals surface area contributed by atoms with Gasteiger partial charge in [-0.3, -0.25) is 9.59 Å². The molecule has 110 valence electrons. The molecule has 1 atom stereocenters. The van der Waals surface area contributed by atoms with E-state index >= 15 is 0 Å². The first-order chi connectivity index (χ1) is 9.61. The molecule has 1 aliphatic heterocycles. The monoisotopic (exact) mass is 279 g/mol. The van der Waals surface area contributed by atoms with Crippen LogP contribution < -0.4 is 11.1 Å². The summed E-state index contributed by atoms with van der Waals surface area (Å²) in [6.45, 7) is 3.49. The standard InChI is InChI=1S/C14H21N3O3/c1-10(14(19)17-7-3-2-4-8-17)16-13(18)12-6-5-11(9-15)20-12/h5-6,10H,2-4,7-9,15H2,1H3,(H,16,18). The second kappa shape index (κ2) is 6.56. The van der Waals surface area contributed by atoms with Crippen LogP contribution in [0, 0.1) is 0 Å². The molecular weight excluding hydrogens is 258 g/mol. The topological polar surface area (TPSA) is 88.6 Å². The maximum absolute atomic E-state index is 12.2. The normalized spacial score (nSPS) is 16.8. The predicted molar refractivity (Wildman–Crippen MR) is 74.0 cm³/mol. The van der Waals surface area contributed by atoms with E-state index in [1.807, 2.05) is 4.90 Å². The number of carbonyl (C=O) groups is 2. The summed E-state index contributed by atoms with van der Waals surface area (Å²) in [6.07, 6.45) is 3.23. The number of furan rings is 1. The Hall–Kier alpha value is -1.82. The SMILES string of the molecule is CC(NC(=O)c1ccc(CN)o1)C(=O)N1CCCCC1. The molecule has 2 heterocycles. The van der Waals surface area contributed by atoms with Crippen LogP contribution in [0.25, 0.3) is 0 Å². The molecule has 2 rings (SSSR count). The average Bonchev–Trinajstić information content (AvgIpc) is 2.96. The van der Waals surface area contributed by atoms with Crippen molar-refractivity contribution >= 4 is 11.8 Å². The molecule has 0 saturated carbocycles. The van der Waals surface area contributed by atoms with E-state index in [-0.39, 0.29) is 24.1 Å². The van der Waals surface area contributed by atoms with E-state index in [1.54, 1.807) is 19.1 Å². The number of hydrogen-bond acceptors (Lipinski definition) is 4. The molecule has 1 fully saturated rings. The van der Waals surface area contributed by atoms with E-state index in [0.717, 1.165) is 25.9 Å². The third-order valence-electron chi connectivity index (χ3n) is 3.47. The van der Waals surface area contributed by atoms with Crippen molar-refractivity contribution in [3.8, 4) is 0 Å². The summed E-state index contributed by atoms with van der Waals surface area (Å²) in [5, 5.41) is 2.67. The van der Waals surface area contributed by atoms with Crippen molar-refractivity contribution in [2.24, 2.45) is 5.73 Å². The number of rotatable bonds is 4. The highest BCUT2D eigenvalue weighted by Gasteiger charge is 2.24. The Morgan fingerprint density at radius 2 is 2.05 bits per heavy atom. The number of nitrogens with zero attached hydrogens (tertiary/aromatic N) is 1. The second-order valence-corrected chi connectivity index (χ2v) is 5.05. The van der Waals surface area contributed by atoms with Gasteiger partial charge in [-0.15, -0.1) is 0 Å². The lowest BCUT2D eigenvalue weighted by atomic mass is 10.1. The molecule has 0 spiro atoms. The minimum atomic E-state index is -0.549. The Morgan fingerprint density at radius 1 is 1.35 bits per heavy atom. The molecule has 20 heavy (non-hydrogen) atoms. The van der Waals surface area contributed by atoms with Gasteiger partial charge in [-0.05, 0) is 38.3 Å². The molecule has 6 nitrogen and oxygen atoms in total. The molecule has 1 aliphatic rings. The maximum Gasteiger partial charge on any atom is 0.287 e. The second-order valence-electron chi connectivity index (χ2n) is 5.05. The van der Waals surface area contributed by atoms with Gasteiger partial charge in [0.15, 0.2) is 5.76 Å². The summed E-state index contributed by atoms with van der Waals surface area (Å²) in [4.78, 5) is 25.9. The zero-order chi connectivity index (χ0) is 14.5. The number of hydrogen-bond donors (Lipinski definition) is 2. The Kier molecular flexibility index (Phi) is 4.79. The van der Waals surface area contributed by atoms with Crippen LogP contribution in [0.4, 0.5) is 0 Å². The van der Waals surface area contributed by atoms with Crippen molar-refractivity contribution in [1.29, 1.82) is 0 Å². The minimum Gasteiger partial charge on any atom is -0.455 e. The number of nitrogens with two attached hydrogens (primary N) is 1. The van der Waals surface area contributed by atoms with Crippen LogP contribution >= 0.6 is 0 Å². The van der Waals surface area contributed by atoms with Crippen LogP contribution in [0.3, 0.4) is 0 Å². The van der Waals surface area contributed by atoms with E-state index in [9.17, 15) is 9.59 Å². The molecule has 1 saturated heterocycles. The van der Waals surface area contributed by atoms with E-state index in [4.69, 9.17) is 10.2 Å². The van der Waals surface area contributed by atoms with Gasteiger partial charge in [-0.25, -0.2) is 0 Å². The summed E-state index contributed by atoms with van der Waals surface area (Å²) in [6, 6.07) is 2.67. The highest BCUT2D eigenvalue weighted by molar-refractivity contribution is 5.95. The number of carbonyl (C=O) groups excluding carboxylic acids is 2. The van der Waals surface area contributed by atoms with Crippen LogP contribution in [0.1, 0.15) is 42.5 Å². The van der Waals surface area contributed by atoms with E-state index in [0.29, 0.717) is 5.76 Å². The quantitative estimate of drug-likeness (QED) is 0.856. The Bertz CT molecular complexity index is 478. The molecule has 3 N–H and O–H groups in total. The number of amides is 2. The van der Waals surface area contributed by atoms with Gasteiger partial charge >= 0.3 is 0 Å². The lowest BCUT2D eigenvalue weighted by molar-refractivity contribution is -0.133. The highest BCUT2D eigenvalue weighted by atomic mass is 16.4. The maximum atomic E-state index is 12.2. The molecule has 6 heteroatoms. The summed E-state index contributed by atoms with van der Waals surface area (Å²) in [7, 11) is 0. The zero-order valence-electron chi connectivity index (χ0n) is 11.7. The molecule has 1 aromatic rings. The molecule has 0 aliphatic carbocycles. The number of likely N-dealkylation sites (tertiary alicyclic amines) is 1. The van der Waals surface area contributed by atoms with E-state index < -0.39 is 6.04 Å². The lowest BCUT2D eigenvalue weighted by Crippen LogP contribution is -2.48. The van der Waals surface area contributed by atoms with Crippen LogP contribution in [0.5, 0.6) is 0 Å². The van der Waals surface area contributed by atoms with Crippen molar-refractivity contribution in [2.45, 2.75) is 38.8 Å². The van der Waals surface area contributed by atoms with Gasteiger partial charge in [-0.1, -0.05) is 0 Å². The van der Waals surface area contributed by atoms with Crippen molar-refractivity contribution < 1.29 is 14.0 Å². The molecular formula is C14H21N3O3. The minimum absolute atomic E-state index is 0.0383. The van der Waals surface area contributed by atoms with Crippen LogP contribution in [-0.2, 0) is 11.3 Å². The zero-order valence-corrected chi connectivity index (χ0v) is 11.7. The van der Waals surface area contributed by atoms with Crippen molar-refractivity contribution in [3.63, 3.8) is 0 Å². The van der Waals surface area contributed by atoms with Crippen LogP contribution in [-0.4, -0.2) is 35.8 Å². The van der Waals surface area contributed by atoms with E-state index in [2.05, 4.69) is 5.32 Å².